The normalized spacial score (nSPS) is 10.4. The summed E-state index contributed by atoms with van der Waals surface area (Å²) in [5.41, 5.74) is 8.09. The average molecular weight is 285 g/mol. The third-order valence-electron chi connectivity index (χ3n) is 3.39. The highest BCUT2D eigenvalue weighted by molar-refractivity contribution is 5.28. The van der Waals surface area contributed by atoms with Crippen LogP contribution in [0.3, 0.4) is 0 Å². The van der Waals surface area contributed by atoms with Gasteiger partial charge < -0.3 is 15.2 Å². The van der Waals surface area contributed by atoms with Gasteiger partial charge in [-0.2, -0.15) is 0 Å². The molecule has 0 radical (unpaired) electrons. The first-order valence-electron chi connectivity index (χ1n) is 7.36. The molecular weight excluding hydrogens is 262 g/mol. The minimum Gasteiger partial charge on any atom is -0.497 e. The number of rotatable bonds is 8. The van der Waals surface area contributed by atoms with Gasteiger partial charge >= 0.3 is 0 Å². The standard InChI is InChI=1S/C18H23NO2/c1-20-17-8-4-15(5-9-17)3-2-14-21-18-10-6-16(7-11-18)12-13-19/h4-11H,2-3,12-14,19H2,1H3. The minimum atomic E-state index is 0.683. The fourth-order valence-corrected chi connectivity index (χ4v) is 2.18. The van der Waals surface area contributed by atoms with Gasteiger partial charge in [-0.25, -0.2) is 0 Å². The van der Waals surface area contributed by atoms with Gasteiger partial charge in [-0.1, -0.05) is 24.3 Å². The quantitative estimate of drug-likeness (QED) is 0.757. The molecule has 2 rings (SSSR count). The number of methoxy groups -OCH3 is 1. The number of nitrogens with two attached hydrogens (primary N) is 1. The van der Waals surface area contributed by atoms with E-state index in [9.17, 15) is 0 Å². The molecule has 0 saturated carbocycles. The first-order valence-corrected chi connectivity index (χ1v) is 7.36. The summed E-state index contributed by atoms with van der Waals surface area (Å²) in [6.07, 6.45) is 2.92. The minimum absolute atomic E-state index is 0.683. The van der Waals surface area contributed by atoms with Gasteiger partial charge in [-0.15, -0.1) is 0 Å². The Balaban J connectivity index is 1.71. The van der Waals surface area contributed by atoms with Gasteiger partial charge in [0.2, 0.25) is 0 Å². The lowest BCUT2D eigenvalue weighted by Gasteiger charge is -2.07. The molecule has 0 amide bonds. The van der Waals surface area contributed by atoms with Crippen LogP contribution in [0.1, 0.15) is 17.5 Å². The molecule has 0 aliphatic heterocycles. The summed E-state index contributed by atoms with van der Waals surface area (Å²) in [6.45, 7) is 1.41. The van der Waals surface area contributed by atoms with Crippen molar-refractivity contribution in [2.24, 2.45) is 5.73 Å². The maximum atomic E-state index is 5.75. The van der Waals surface area contributed by atoms with Crippen LogP contribution in [0.15, 0.2) is 48.5 Å². The summed E-state index contributed by atoms with van der Waals surface area (Å²) in [6, 6.07) is 16.4. The van der Waals surface area contributed by atoms with Crippen LogP contribution in [0.4, 0.5) is 0 Å². The van der Waals surface area contributed by atoms with E-state index in [2.05, 4.69) is 24.3 Å². The molecule has 3 nitrogen and oxygen atoms in total. The highest BCUT2D eigenvalue weighted by atomic mass is 16.5. The molecule has 2 N–H and O–H groups in total. The van der Waals surface area contributed by atoms with Gasteiger partial charge in [-0.3, -0.25) is 0 Å². The van der Waals surface area contributed by atoms with E-state index in [-0.39, 0.29) is 0 Å². The lowest BCUT2D eigenvalue weighted by atomic mass is 10.1. The van der Waals surface area contributed by atoms with Gasteiger partial charge in [-0.05, 0) is 61.2 Å². The number of hydrogen-bond donors (Lipinski definition) is 1. The summed E-state index contributed by atoms with van der Waals surface area (Å²) in [4.78, 5) is 0. The molecule has 0 fully saturated rings. The Labute approximate surface area is 126 Å². The Bertz CT molecular complexity index is 520. The van der Waals surface area contributed by atoms with E-state index in [1.807, 2.05) is 24.3 Å². The molecule has 0 heterocycles. The maximum Gasteiger partial charge on any atom is 0.119 e. The van der Waals surface area contributed by atoms with Crippen molar-refractivity contribution in [3.63, 3.8) is 0 Å². The van der Waals surface area contributed by atoms with Crippen LogP contribution in [0.2, 0.25) is 0 Å². The monoisotopic (exact) mass is 285 g/mol. The van der Waals surface area contributed by atoms with Gasteiger partial charge in [0.25, 0.3) is 0 Å². The first kappa shape index (κ1) is 15.4. The molecule has 21 heavy (non-hydrogen) atoms. The van der Waals surface area contributed by atoms with Crippen molar-refractivity contribution in [3.8, 4) is 11.5 Å². The number of ether oxygens (including phenoxy) is 2. The van der Waals surface area contributed by atoms with Crippen molar-refractivity contribution in [1.29, 1.82) is 0 Å². The van der Waals surface area contributed by atoms with Crippen LogP contribution >= 0.6 is 0 Å². The Kier molecular flexibility index (Phi) is 6.10. The predicted octanol–water partition coefficient (Wildman–Crippen LogP) is 3.21. The Hall–Kier alpha value is -2.00. The molecule has 0 bridgehead atoms. The predicted molar refractivity (Wildman–Crippen MR) is 86.0 cm³/mol. The van der Waals surface area contributed by atoms with Crippen molar-refractivity contribution in [2.75, 3.05) is 20.3 Å². The topological polar surface area (TPSA) is 44.5 Å². The van der Waals surface area contributed by atoms with Gasteiger partial charge in [0, 0.05) is 0 Å². The molecule has 0 atom stereocenters. The molecule has 2 aromatic carbocycles. The largest absolute Gasteiger partial charge is 0.497 e. The van der Waals surface area contributed by atoms with Crippen LogP contribution in [0.25, 0.3) is 0 Å². The lowest BCUT2D eigenvalue weighted by molar-refractivity contribution is 0.311. The van der Waals surface area contributed by atoms with E-state index < -0.39 is 0 Å². The van der Waals surface area contributed by atoms with E-state index in [1.54, 1.807) is 7.11 Å². The van der Waals surface area contributed by atoms with Crippen LogP contribution in [-0.4, -0.2) is 20.3 Å². The third kappa shape index (κ3) is 5.12. The molecular formula is C18H23NO2. The van der Waals surface area contributed by atoms with Crippen LogP contribution in [-0.2, 0) is 12.8 Å². The molecule has 3 heteroatoms. The van der Waals surface area contributed by atoms with Crippen LogP contribution in [0, 0.1) is 0 Å². The Morgan fingerprint density at radius 3 is 1.95 bits per heavy atom. The molecule has 0 spiro atoms. The molecule has 0 saturated heterocycles. The zero-order chi connectivity index (χ0) is 14.9. The maximum absolute atomic E-state index is 5.75. The lowest BCUT2D eigenvalue weighted by Crippen LogP contribution is -2.03. The van der Waals surface area contributed by atoms with Gasteiger partial charge in [0.1, 0.15) is 11.5 Å². The van der Waals surface area contributed by atoms with Crippen molar-refractivity contribution in [1.82, 2.24) is 0 Å². The molecule has 112 valence electrons. The highest BCUT2D eigenvalue weighted by Gasteiger charge is 1.98. The molecule has 0 aromatic heterocycles. The summed E-state index contributed by atoms with van der Waals surface area (Å²) in [5, 5.41) is 0. The van der Waals surface area contributed by atoms with E-state index >= 15 is 0 Å². The zero-order valence-corrected chi connectivity index (χ0v) is 12.5. The van der Waals surface area contributed by atoms with E-state index in [0.717, 1.165) is 37.4 Å². The molecule has 0 unspecified atom stereocenters. The Morgan fingerprint density at radius 1 is 0.810 bits per heavy atom. The first-order chi connectivity index (χ1) is 10.3. The summed E-state index contributed by atoms with van der Waals surface area (Å²) < 4.78 is 10.9. The van der Waals surface area contributed by atoms with Crippen molar-refractivity contribution in [2.45, 2.75) is 19.3 Å². The SMILES string of the molecule is COc1ccc(CCCOc2ccc(CCN)cc2)cc1. The molecule has 2 aromatic rings. The number of benzene rings is 2. The smallest absolute Gasteiger partial charge is 0.119 e. The van der Waals surface area contributed by atoms with Gasteiger partial charge in [0.15, 0.2) is 0 Å². The third-order valence-corrected chi connectivity index (χ3v) is 3.39. The van der Waals surface area contributed by atoms with Crippen molar-refractivity contribution < 1.29 is 9.47 Å². The van der Waals surface area contributed by atoms with E-state index in [1.165, 1.54) is 11.1 Å². The van der Waals surface area contributed by atoms with E-state index in [4.69, 9.17) is 15.2 Å². The fourth-order valence-electron chi connectivity index (χ4n) is 2.18. The van der Waals surface area contributed by atoms with E-state index in [0.29, 0.717) is 6.54 Å². The average Bonchev–Trinajstić information content (AvgIpc) is 2.54. The Morgan fingerprint density at radius 2 is 1.38 bits per heavy atom. The highest BCUT2D eigenvalue weighted by Crippen LogP contribution is 2.15. The van der Waals surface area contributed by atoms with Crippen molar-refractivity contribution >= 4 is 0 Å². The fraction of sp³-hybridized carbons (Fsp3) is 0.333. The zero-order valence-electron chi connectivity index (χ0n) is 12.5. The summed E-state index contributed by atoms with van der Waals surface area (Å²) >= 11 is 0. The number of hydrogen-bond acceptors (Lipinski definition) is 3. The van der Waals surface area contributed by atoms with Crippen LogP contribution < -0.4 is 15.2 Å². The second-order valence-corrected chi connectivity index (χ2v) is 4.98. The summed E-state index contributed by atoms with van der Waals surface area (Å²) in [5.74, 6) is 1.82. The molecule has 0 aliphatic rings. The number of aryl methyl sites for hydroxylation is 1. The summed E-state index contributed by atoms with van der Waals surface area (Å²) in [7, 11) is 1.68. The van der Waals surface area contributed by atoms with Crippen molar-refractivity contribution in [3.05, 3.63) is 59.7 Å². The second-order valence-electron chi connectivity index (χ2n) is 4.98. The molecule has 0 aliphatic carbocycles. The van der Waals surface area contributed by atoms with Crippen LogP contribution in [0.5, 0.6) is 11.5 Å². The van der Waals surface area contributed by atoms with Gasteiger partial charge in [0.05, 0.1) is 13.7 Å². The second kappa shape index (κ2) is 8.32.